The Labute approximate surface area is 105 Å². The van der Waals surface area contributed by atoms with Crippen molar-refractivity contribution in [2.75, 3.05) is 12.3 Å². The summed E-state index contributed by atoms with van der Waals surface area (Å²) in [7, 11) is 0. The second kappa shape index (κ2) is 5.72. The Bertz CT molecular complexity index is 509. The lowest BCUT2D eigenvalue weighted by Crippen LogP contribution is -2.25. The van der Waals surface area contributed by atoms with Gasteiger partial charge in [0.15, 0.2) is 0 Å². The van der Waals surface area contributed by atoms with E-state index in [-0.39, 0.29) is 5.91 Å². The van der Waals surface area contributed by atoms with Gasteiger partial charge >= 0.3 is 0 Å². The predicted octanol–water partition coefficient (Wildman–Crippen LogP) is 1.54. The van der Waals surface area contributed by atoms with Gasteiger partial charge in [0.2, 0.25) is 5.91 Å². The number of nitrogens with zero attached hydrogens (tertiary/aromatic N) is 1. The number of aromatic nitrogens is 2. The van der Waals surface area contributed by atoms with E-state index < -0.39 is 0 Å². The number of carbonyl (C=O) groups is 1. The standard InChI is InChI=1S/C12H15N3OS/c16-12(4-6-17)13-5-3-9-1-2-10-11(7-9)15-8-14-10/h1-2,7-8,17H,3-6H2,(H,13,16)(H,14,15). The summed E-state index contributed by atoms with van der Waals surface area (Å²) in [5, 5.41) is 2.86. The van der Waals surface area contributed by atoms with E-state index in [9.17, 15) is 4.79 Å². The van der Waals surface area contributed by atoms with Crippen LogP contribution in [0.25, 0.3) is 11.0 Å². The van der Waals surface area contributed by atoms with Crippen LogP contribution in [-0.4, -0.2) is 28.2 Å². The van der Waals surface area contributed by atoms with Crippen molar-refractivity contribution in [1.82, 2.24) is 15.3 Å². The molecule has 0 atom stereocenters. The van der Waals surface area contributed by atoms with Gasteiger partial charge in [-0.1, -0.05) is 6.07 Å². The van der Waals surface area contributed by atoms with Crippen molar-refractivity contribution in [3.05, 3.63) is 30.1 Å². The number of aromatic amines is 1. The highest BCUT2D eigenvalue weighted by Gasteiger charge is 2.01. The molecule has 4 nitrogen and oxygen atoms in total. The molecule has 5 heteroatoms. The first-order valence-electron chi connectivity index (χ1n) is 5.59. The third-order valence-electron chi connectivity index (χ3n) is 2.56. The minimum atomic E-state index is 0.0580. The zero-order chi connectivity index (χ0) is 12.1. The van der Waals surface area contributed by atoms with Crippen LogP contribution < -0.4 is 5.32 Å². The highest BCUT2D eigenvalue weighted by molar-refractivity contribution is 7.80. The summed E-state index contributed by atoms with van der Waals surface area (Å²) in [5.41, 5.74) is 3.19. The fourth-order valence-corrected chi connectivity index (χ4v) is 1.88. The van der Waals surface area contributed by atoms with Crippen LogP contribution in [0.2, 0.25) is 0 Å². The molecule has 90 valence electrons. The first-order valence-corrected chi connectivity index (χ1v) is 6.22. The Hall–Kier alpha value is -1.49. The lowest BCUT2D eigenvalue weighted by atomic mass is 10.1. The lowest BCUT2D eigenvalue weighted by Gasteiger charge is -2.04. The monoisotopic (exact) mass is 249 g/mol. The van der Waals surface area contributed by atoms with Gasteiger partial charge in [-0.25, -0.2) is 4.98 Å². The summed E-state index contributed by atoms with van der Waals surface area (Å²) in [5.74, 6) is 0.647. The van der Waals surface area contributed by atoms with Gasteiger partial charge in [0.25, 0.3) is 0 Å². The fraction of sp³-hybridized carbons (Fsp3) is 0.333. The molecular formula is C12H15N3OS. The Morgan fingerprint density at radius 1 is 1.47 bits per heavy atom. The van der Waals surface area contributed by atoms with Crippen LogP contribution in [-0.2, 0) is 11.2 Å². The topological polar surface area (TPSA) is 57.8 Å². The fourth-order valence-electron chi connectivity index (χ4n) is 1.67. The van der Waals surface area contributed by atoms with Crippen LogP contribution in [0, 0.1) is 0 Å². The maximum absolute atomic E-state index is 11.2. The molecule has 0 bridgehead atoms. The summed E-state index contributed by atoms with van der Waals surface area (Å²) in [6.45, 7) is 0.659. The second-order valence-electron chi connectivity index (χ2n) is 3.83. The van der Waals surface area contributed by atoms with E-state index in [2.05, 4.69) is 34.0 Å². The Balaban J connectivity index is 1.88. The van der Waals surface area contributed by atoms with Gasteiger partial charge in [-0.05, 0) is 29.9 Å². The number of nitrogens with one attached hydrogen (secondary N) is 2. The van der Waals surface area contributed by atoms with Crippen LogP contribution in [0.3, 0.4) is 0 Å². The molecule has 0 aliphatic carbocycles. The van der Waals surface area contributed by atoms with Crippen LogP contribution in [0.5, 0.6) is 0 Å². The van der Waals surface area contributed by atoms with Gasteiger partial charge in [-0.3, -0.25) is 4.79 Å². The number of carbonyl (C=O) groups excluding carboxylic acids is 1. The zero-order valence-electron chi connectivity index (χ0n) is 9.44. The molecule has 1 amide bonds. The number of imidazole rings is 1. The molecule has 0 aliphatic heterocycles. The molecule has 0 fully saturated rings. The van der Waals surface area contributed by atoms with Crippen LogP contribution in [0.15, 0.2) is 24.5 Å². The van der Waals surface area contributed by atoms with E-state index in [0.717, 1.165) is 17.5 Å². The van der Waals surface area contributed by atoms with E-state index in [4.69, 9.17) is 0 Å². The van der Waals surface area contributed by atoms with Gasteiger partial charge in [0, 0.05) is 13.0 Å². The molecule has 1 heterocycles. The van der Waals surface area contributed by atoms with Crippen molar-refractivity contribution < 1.29 is 4.79 Å². The Morgan fingerprint density at radius 3 is 3.18 bits per heavy atom. The van der Waals surface area contributed by atoms with Gasteiger partial charge in [0.1, 0.15) is 0 Å². The highest BCUT2D eigenvalue weighted by atomic mass is 32.1. The molecule has 2 rings (SSSR count). The lowest BCUT2D eigenvalue weighted by molar-refractivity contribution is -0.120. The Kier molecular flexibility index (Phi) is 4.03. The maximum Gasteiger partial charge on any atom is 0.220 e. The van der Waals surface area contributed by atoms with Crippen molar-refractivity contribution in [3.63, 3.8) is 0 Å². The molecule has 17 heavy (non-hydrogen) atoms. The molecule has 2 N–H and O–H groups in total. The molecule has 0 saturated heterocycles. The summed E-state index contributed by atoms with van der Waals surface area (Å²) in [6, 6.07) is 6.08. The normalized spacial score (nSPS) is 10.6. The van der Waals surface area contributed by atoms with Gasteiger partial charge in [-0.15, -0.1) is 0 Å². The van der Waals surface area contributed by atoms with Crippen molar-refractivity contribution in [2.24, 2.45) is 0 Å². The second-order valence-corrected chi connectivity index (χ2v) is 4.27. The number of benzene rings is 1. The summed E-state index contributed by atoms with van der Waals surface area (Å²) >= 11 is 4.01. The Morgan fingerprint density at radius 2 is 2.35 bits per heavy atom. The summed E-state index contributed by atoms with van der Waals surface area (Å²) in [6.07, 6.45) is 2.99. The predicted molar refractivity (Wildman–Crippen MR) is 71.3 cm³/mol. The largest absolute Gasteiger partial charge is 0.356 e. The summed E-state index contributed by atoms with van der Waals surface area (Å²) in [4.78, 5) is 18.5. The minimum absolute atomic E-state index is 0.0580. The number of hydrogen-bond donors (Lipinski definition) is 3. The summed E-state index contributed by atoms with van der Waals surface area (Å²) < 4.78 is 0. The van der Waals surface area contributed by atoms with Crippen molar-refractivity contribution >= 4 is 29.6 Å². The van der Waals surface area contributed by atoms with Crippen LogP contribution in [0.1, 0.15) is 12.0 Å². The molecule has 0 saturated carbocycles. The molecule has 0 radical (unpaired) electrons. The zero-order valence-corrected chi connectivity index (χ0v) is 10.3. The van der Waals surface area contributed by atoms with E-state index in [1.165, 1.54) is 5.56 Å². The van der Waals surface area contributed by atoms with Gasteiger partial charge in [0.05, 0.1) is 17.4 Å². The van der Waals surface area contributed by atoms with Crippen LogP contribution in [0.4, 0.5) is 0 Å². The SMILES string of the molecule is O=C(CCS)NCCc1ccc2nc[nH]c2c1. The van der Waals surface area contributed by atoms with Crippen molar-refractivity contribution in [3.8, 4) is 0 Å². The van der Waals surface area contributed by atoms with E-state index in [1.807, 2.05) is 12.1 Å². The first-order chi connectivity index (χ1) is 8.29. The number of amides is 1. The van der Waals surface area contributed by atoms with Gasteiger partial charge in [-0.2, -0.15) is 12.6 Å². The number of rotatable bonds is 5. The van der Waals surface area contributed by atoms with Gasteiger partial charge < -0.3 is 10.3 Å². The first kappa shape index (κ1) is 12.0. The maximum atomic E-state index is 11.2. The molecule has 1 aromatic heterocycles. The average molecular weight is 249 g/mol. The highest BCUT2D eigenvalue weighted by Crippen LogP contribution is 2.11. The number of fused-ring (bicyclic) bond motifs is 1. The molecule has 0 spiro atoms. The smallest absolute Gasteiger partial charge is 0.220 e. The minimum Gasteiger partial charge on any atom is -0.356 e. The number of thiol groups is 1. The third-order valence-corrected chi connectivity index (χ3v) is 2.78. The quantitative estimate of drug-likeness (QED) is 0.704. The average Bonchev–Trinajstić information content (AvgIpc) is 2.76. The van der Waals surface area contributed by atoms with E-state index in [0.29, 0.717) is 18.7 Å². The van der Waals surface area contributed by atoms with E-state index >= 15 is 0 Å². The molecule has 0 unspecified atom stereocenters. The molecule has 0 aliphatic rings. The van der Waals surface area contributed by atoms with E-state index in [1.54, 1.807) is 6.33 Å². The number of H-pyrrole nitrogens is 1. The molecule has 2 aromatic rings. The van der Waals surface area contributed by atoms with Crippen molar-refractivity contribution in [2.45, 2.75) is 12.8 Å². The van der Waals surface area contributed by atoms with Crippen LogP contribution >= 0.6 is 12.6 Å². The number of hydrogen-bond acceptors (Lipinski definition) is 3. The third kappa shape index (κ3) is 3.23. The van der Waals surface area contributed by atoms with Crippen molar-refractivity contribution in [1.29, 1.82) is 0 Å². The molecule has 1 aromatic carbocycles. The molecular weight excluding hydrogens is 234 g/mol.